The molecule has 1 aromatic rings. The van der Waals surface area contributed by atoms with Crippen LogP contribution >= 0.6 is 11.6 Å². The van der Waals surface area contributed by atoms with E-state index < -0.39 is 6.10 Å². The topological polar surface area (TPSA) is 49.7 Å². The summed E-state index contributed by atoms with van der Waals surface area (Å²) in [5, 5.41) is 18.9. The number of aliphatic hydroxyl groups excluding tert-OH is 2. The second-order valence-corrected chi connectivity index (χ2v) is 3.68. The van der Waals surface area contributed by atoms with E-state index in [4.69, 9.17) is 21.4 Å². The van der Waals surface area contributed by atoms with Crippen LogP contribution in [0, 0.1) is 0 Å². The van der Waals surface area contributed by atoms with Crippen LogP contribution in [0.2, 0.25) is 5.02 Å². The fourth-order valence-electron chi connectivity index (χ4n) is 1.34. The first kappa shape index (κ1) is 12.3. The number of methoxy groups -OCH3 is 1. The third kappa shape index (κ3) is 3.38. The minimum atomic E-state index is -0.583. The number of ether oxygens (including phenoxy) is 1. The lowest BCUT2D eigenvalue weighted by Gasteiger charge is -2.11. The van der Waals surface area contributed by atoms with Gasteiger partial charge in [0, 0.05) is 6.61 Å². The Balaban J connectivity index is 2.73. The molecule has 2 N–H and O–H groups in total. The highest BCUT2D eigenvalue weighted by Gasteiger charge is 2.09. The summed E-state index contributed by atoms with van der Waals surface area (Å²) in [5.41, 5.74) is 0.745. The van der Waals surface area contributed by atoms with E-state index in [2.05, 4.69) is 0 Å². The van der Waals surface area contributed by atoms with E-state index in [1.165, 1.54) is 0 Å². The molecule has 3 nitrogen and oxygen atoms in total. The van der Waals surface area contributed by atoms with E-state index >= 15 is 0 Å². The van der Waals surface area contributed by atoms with Crippen molar-refractivity contribution in [2.45, 2.75) is 18.9 Å². The molecule has 0 aromatic heterocycles. The van der Waals surface area contributed by atoms with Crippen molar-refractivity contribution in [1.82, 2.24) is 0 Å². The molecule has 1 unspecified atom stereocenters. The summed E-state index contributed by atoms with van der Waals surface area (Å²) in [7, 11) is 1.54. The van der Waals surface area contributed by atoms with Crippen LogP contribution in [0.5, 0.6) is 5.75 Å². The molecule has 0 radical (unpaired) electrons. The Morgan fingerprint density at radius 1 is 1.47 bits per heavy atom. The Hall–Kier alpha value is -0.770. The van der Waals surface area contributed by atoms with E-state index in [0.29, 0.717) is 23.6 Å². The van der Waals surface area contributed by atoms with Crippen molar-refractivity contribution in [2.24, 2.45) is 0 Å². The van der Waals surface area contributed by atoms with Gasteiger partial charge in [-0.15, -0.1) is 0 Å². The molecule has 1 atom stereocenters. The van der Waals surface area contributed by atoms with Gasteiger partial charge in [-0.2, -0.15) is 0 Å². The van der Waals surface area contributed by atoms with E-state index in [0.717, 1.165) is 5.56 Å². The third-order valence-electron chi connectivity index (χ3n) is 2.20. The molecule has 0 aliphatic rings. The van der Waals surface area contributed by atoms with Gasteiger partial charge in [0.25, 0.3) is 0 Å². The lowest BCUT2D eigenvalue weighted by Crippen LogP contribution is -1.99. The zero-order valence-electron chi connectivity index (χ0n) is 8.61. The Labute approximate surface area is 94.3 Å². The second-order valence-electron chi connectivity index (χ2n) is 3.28. The number of halogens is 1. The highest BCUT2D eigenvalue weighted by Crippen LogP contribution is 2.28. The number of benzene rings is 1. The van der Waals surface area contributed by atoms with Crippen LogP contribution in [0.25, 0.3) is 0 Å². The maximum absolute atomic E-state index is 9.73. The van der Waals surface area contributed by atoms with Gasteiger partial charge in [-0.3, -0.25) is 0 Å². The summed E-state index contributed by atoms with van der Waals surface area (Å²) in [6.45, 7) is 0.0843. The first-order valence-corrected chi connectivity index (χ1v) is 5.19. The van der Waals surface area contributed by atoms with Gasteiger partial charge in [0.1, 0.15) is 5.75 Å². The fraction of sp³-hybridized carbons (Fsp3) is 0.455. The summed E-state index contributed by atoms with van der Waals surface area (Å²) in [6, 6.07) is 5.18. The Bertz CT molecular complexity index is 315. The minimum Gasteiger partial charge on any atom is -0.495 e. The SMILES string of the molecule is COc1ccc(C(O)CCCO)cc1Cl. The normalized spacial score (nSPS) is 12.5. The van der Waals surface area contributed by atoms with Crippen LogP contribution in [0.4, 0.5) is 0 Å². The zero-order chi connectivity index (χ0) is 11.3. The van der Waals surface area contributed by atoms with Crippen LogP contribution in [-0.2, 0) is 0 Å². The first-order valence-electron chi connectivity index (χ1n) is 4.81. The maximum Gasteiger partial charge on any atom is 0.137 e. The molecule has 0 fully saturated rings. The van der Waals surface area contributed by atoms with Crippen molar-refractivity contribution in [2.75, 3.05) is 13.7 Å². The van der Waals surface area contributed by atoms with E-state index in [9.17, 15) is 5.11 Å². The summed E-state index contributed by atoms with van der Waals surface area (Å²) in [5.74, 6) is 0.592. The molecular formula is C11H15ClO3. The first-order chi connectivity index (χ1) is 7.19. The molecular weight excluding hydrogens is 216 g/mol. The molecule has 1 aromatic carbocycles. The minimum absolute atomic E-state index is 0.0843. The summed E-state index contributed by atoms with van der Waals surface area (Å²) in [6.07, 6.45) is 0.518. The predicted octanol–water partition coefficient (Wildman–Crippen LogP) is 2.15. The molecule has 0 amide bonds. The molecule has 15 heavy (non-hydrogen) atoms. The van der Waals surface area contributed by atoms with E-state index in [1.54, 1.807) is 25.3 Å². The van der Waals surface area contributed by atoms with Crippen LogP contribution in [0.1, 0.15) is 24.5 Å². The average Bonchev–Trinajstić information content (AvgIpc) is 2.25. The fourth-order valence-corrected chi connectivity index (χ4v) is 1.61. The van der Waals surface area contributed by atoms with Crippen LogP contribution in [0.15, 0.2) is 18.2 Å². The molecule has 0 bridgehead atoms. The van der Waals surface area contributed by atoms with Crippen molar-refractivity contribution in [3.05, 3.63) is 28.8 Å². The largest absolute Gasteiger partial charge is 0.495 e. The molecule has 0 aliphatic carbocycles. The zero-order valence-corrected chi connectivity index (χ0v) is 9.37. The summed E-state index contributed by atoms with van der Waals surface area (Å²) >= 11 is 5.92. The Morgan fingerprint density at radius 3 is 2.73 bits per heavy atom. The summed E-state index contributed by atoms with van der Waals surface area (Å²) in [4.78, 5) is 0. The van der Waals surface area contributed by atoms with Gasteiger partial charge in [-0.05, 0) is 30.5 Å². The van der Waals surface area contributed by atoms with Crippen molar-refractivity contribution in [1.29, 1.82) is 0 Å². The number of rotatable bonds is 5. The second kappa shape index (κ2) is 5.95. The van der Waals surface area contributed by atoms with Crippen LogP contribution in [-0.4, -0.2) is 23.9 Å². The highest BCUT2D eigenvalue weighted by atomic mass is 35.5. The van der Waals surface area contributed by atoms with E-state index in [-0.39, 0.29) is 6.61 Å². The molecule has 1 rings (SSSR count). The number of aliphatic hydroxyl groups is 2. The lowest BCUT2D eigenvalue weighted by atomic mass is 10.1. The van der Waals surface area contributed by atoms with Crippen LogP contribution in [0.3, 0.4) is 0 Å². The average molecular weight is 231 g/mol. The Kier molecular flexibility index (Phi) is 4.88. The Morgan fingerprint density at radius 2 is 2.20 bits per heavy atom. The maximum atomic E-state index is 9.73. The predicted molar refractivity (Wildman–Crippen MR) is 59.3 cm³/mol. The molecule has 0 heterocycles. The summed E-state index contributed by atoms with van der Waals surface area (Å²) < 4.78 is 5.01. The monoisotopic (exact) mass is 230 g/mol. The smallest absolute Gasteiger partial charge is 0.137 e. The van der Waals surface area contributed by atoms with Gasteiger partial charge in [0.15, 0.2) is 0 Å². The molecule has 0 spiro atoms. The van der Waals surface area contributed by atoms with Crippen LogP contribution < -0.4 is 4.74 Å². The molecule has 0 saturated heterocycles. The number of hydrogen-bond donors (Lipinski definition) is 2. The van der Waals surface area contributed by atoms with Gasteiger partial charge in [-0.1, -0.05) is 17.7 Å². The van der Waals surface area contributed by atoms with Crippen molar-refractivity contribution in [3.8, 4) is 5.75 Å². The van der Waals surface area contributed by atoms with Gasteiger partial charge >= 0.3 is 0 Å². The molecule has 0 aliphatic heterocycles. The molecule has 0 saturated carbocycles. The lowest BCUT2D eigenvalue weighted by molar-refractivity contribution is 0.152. The molecule has 4 heteroatoms. The van der Waals surface area contributed by atoms with Gasteiger partial charge < -0.3 is 14.9 Å². The van der Waals surface area contributed by atoms with Gasteiger partial charge in [-0.25, -0.2) is 0 Å². The standard InChI is InChI=1S/C11H15ClO3/c1-15-11-5-4-8(7-9(11)12)10(14)3-2-6-13/h4-5,7,10,13-14H,2-3,6H2,1H3. The quantitative estimate of drug-likeness (QED) is 0.815. The van der Waals surface area contributed by atoms with Crippen molar-refractivity contribution >= 4 is 11.6 Å². The van der Waals surface area contributed by atoms with Crippen molar-refractivity contribution < 1.29 is 14.9 Å². The highest BCUT2D eigenvalue weighted by molar-refractivity contribution is 6.32. The third-order valence-corrected chi connectivity index (χ3v) is 2.49. The molecule has 84 valence electrons. The van der Waals surface area contributed by atoms with Gasteiger partial charge in [0.05, 0.1) is 18.2 Å². The van der Waals surface area contributed by atoms with Gasteiger partial charge in [0.2, 0.25) is 0 Å². The van der Waals surface area contributed by atoms with E-state index in [1.807, 2.05) is 0 Å². The van der Waals surface area contributed by atoms with Crippen molar-refractivity contribution in [3.63, 3.8) is 0 Å². The number of hydrogen-bond acceptors (Lipinski definition) is 3.